The van der Waals surface area contributed by atoms with Gasteiger partial charge in [-0.25, -0.2) is 15.0 Å². The van der Waals surface area contributed by atoms with Crippen LogP contribution < -0.4 is 4.90 Å². The lowest BCUT2D eigenvalue weighted by Crippen LogP contribution is -2.15. The minimum atomic E-state index is 0.619. The van der Waals surface area contributed by atoms with Gasteiger partial charge in [-0.2, -0.15) is 0 Å². The summed E-state index contributed by atoms with van der Waals surface area (Å²) in [6.07, 6.45) is 0. The average molecular weight is 790 g/mol. The summed E-state index contributed by atoms with van der Waals surface area (Å²) in [5.41, 5.74) is 12.1. The summed E-state index contributed by atoms with van der Waals surface area (Å²) in [6.45, 7) is 0. The van der Waals surface area contributed by atoms with Gasteiger partial charge in [0.1, 0.15) is 0 Å². The van der Waals surface area contributed by atoms with Crippen molar-refractivity contribution < 1.29 is 0 Å². The van der Waals surface area contributed by atoms with Crippen molar-refractivity contribution in [2.75, 3.05) is 4.90 Å². The van der Waals surface area contributed by atoms with Gasteiger partial charge in [0.2, 0.25) is 0 Å². The van der Waals surface area contributed by atoms with E-state index in [1.54, 1.807) is 0 Å². The molecule has 0 N–H and O–H groups in total. The standard InChI is InChI=1S/C57H35N5/c1-2-18-44(19-3-1)61-50-22-9-8-20-46(50)48-34-43(28-31-51(48)61)57-59-55(58-56(60-57)42-25-24-36-12-4-5-13-39(36)32-42)38-26-29-45(30-27-38)62-52-23-11-17-37-16-10-21-47(54(37)52)49-33-40-14-6-7-15-41(40)35-53(49)62/h1-35H. The molecule has 62 heavy (non-hydrogen) atoms. The van der Waals surface area contributed by atoms with Gasteiger partial charge in [-0.15, -0.1) is 0 Å². The lowest BCUT2D eigenvalue weighted by atomic mass is 9.89. The summed E-state index contributed by atoms with van der Waals surface area (Å²) in [7, 11) is 0. The van der Waals surface area contributed by atoms with Gasteiger partial charge in [-0.3, -0.25) is 0 Å². The molecule has 10 aromatic carbocycles. The van der Waals surface area contributed by atoms with Gasteiger partial charge in [0.25, 0.3) is 0 Å². The predicted molar refractivity (Wildman–Crippen MR) is 257 cm³/mol. The van der Waals surface area contributed by atoms with Crippen molar-refractivity contribution in [3.8, 4) is 51.0 Å². The van der Waals surface area contributed by atoms with Crippen molar-refractivity contribution in [3.05, 3.63) is 212 Å². The van der Waals surface area contributed by atoms with E-state index in [-0.39, 0.29) is 0 Å². The molecule has 5 heteroatoms. The van der Waals surface area contributed by atoms with E-state index in [1.807, 2.05) is 0 Å². The Morgan fingerprint density at radius 1 is 0.306 bits per heavy atom. The first-order valence-electron chi connectivity index (χ1n) is 21.0. The van der Waals surface area contributed by atoms with E-state index in [0.717, 1.165) is 55.6 Å². The fourth-order valence-corrected chi connectivity index (χ4v) is 9.59. The van der Waals surface area contributed by atoms with Crippen LogP contribution in [0.2, 0.25) is 0 Å². The number of anilines is 3. The molecule has 0 bridgehead atoms. The lowest BCUT2D eigenvalue weighted by Gasteiger charge is -2.34. The maximum atomic E-state index is 5.24. The molecule has 5 nitrogen and oxygen atoms in total. The Morgan fingerprint density at radius 3 is 1.68 bits per heavy atom. The molecule has 0 atom stereocenters. The molecule has 288 valence electrons. The molecule has 2 aromatic heterocycles. The Balaban J connectivity index is 0.974. The van der Waals surface area contributed by atoms with Gasteiger partial charge in [0.15, 0.2) is 17.5 Å². The van der Waals surface area contributed by atoms with Crippen molar-refractivity contribution in [1.29, 1.82) is 0 Å². The first-order valence-corrected chi connectivity index (χ1v) is 21.0. The molecule has 0 fully saturated rings. The molecule has 12 aromatic rings. The summed E-state index contributed by atoms with van der Waals surface area (Å²) >= 11 is 0. The van der Waals surface area contributed by atoms with Crippen LogP contribution in [0.5, 0.6) is 0 Å². The molecule has 0 spiro atoms. The van der Waals surface area contributed by atoms with E-state index in [2.05, 4.69) is 222 Å². The van der Waals surface area contributed by atoms with Crippen molar-refractivity contribution in [2.45, 2.75) is 0 Å². The van der Waals surface area contributed by atoms with Crippen LogP contribution in [0.15, 0.2) is 212 Å². The third kappa shape index (κ3) is 5.38. The van der Waals surface area contributed by atoms with Crippen molar-refractivity contribution in [2.24, 2.45) is 0 Å². The molecule has 13 rings (SSSR count). The fraction of sp³-hybridized carbons (Fsp3) is 0. The zero-order valence-electron chi connectivity index (χ0n) is 33.4. The van der Waals surface area contributed by atoms with Crippen LogP contribution in [0.4, 0.5) is 17.1 Å². The van der Waals surface area contributed by atoms with Crippen molar-refractivity contribution in [3.63, 3.8) is 0 Å². The highest BCUT2D eigenvalue weighted by Gasteiger charge is 2.27. The van der Waals surface area contributed by atoms with E-state index in [0.29, 0.717) is 17.5 Å². The number of nitrogens with zero attached hydrogens (tertiary/aromatic N) is 5. The molecule has 1 aliphatic rings. The van der Waals surface area contributed by atoms with E-state index < -0.39 is 0 Å². The number of hydrogen-bond donors (Lipinski definition) is 0. The normalized spacial score (nSPS) is 12.2. The Kier molecular flexibility index (Phi) is 7.54. The third-order valence-electron chi connectivity index (χ3n) is 12.5. The second-order valence-electron chi connectivity index (χ2n) is 16.1. The summed E-state index contributed by atoms with van der Waals surface area (Å²) < 4.78 is 2.33. The predicted octanol–water partition coefficient (Wildman–Crippen LogP) is 14.9. The number of aromatic nitrogens is 4. The highest BCUT2D eigenvalue weighted by Crippen LogP contribution is 2.52. The lowest BCUT2D eigenvalue weighted by molar-refractivity contribution is 1.07. The molecular formula is C57H35N5. The zero-order valence-corrected chi connectivity index (χ0v) is 33.4. The summed E-state index contributed by atoms with van der Waals surface area (Å²) in [4.78, 5) is 18.0. The Labute approximate surface area is 357 Å². The molecule has 0 unspecified atom stereocenters. The topological polar surface area (TPSA) is 46.8 Å². The molecule has 3 heterocycles. The summed E-state index contributed by atoms with van der Waals surface area (Å²) in [5.74, 6) is 1.88. The molecule has 0 saturated heterocycles. The van der Waals surface area contributed by atoms with Crippen LogP contribution in [-0.2, 0) is 0 Å². The Morgan fingerprint density at radius 2 is 0.887 bits per heavy atom. The van der Waals surface area contributed by atoms with Crippen molar-refractivity contribution >= 4 is 71.2 Å². The molecule has 1 aliphatic heterocycles. The highest BCUT2D eigenvalue weighted by molar-refractivity contribution is 6.16. The maximum Gasteiger partial charge on any atom is 0.164 e. The maximum absolute atomic E-state index is 5.24. The second-order valence-corrected chi connectivity index (χ2v) is 16.1. The molecular weight excluding hydrogens is 755 g/mol. The van der Waals surface area contributed by atoms with Crippen molar-refractivity contribution in [1.82, 2.24) is 19.5 Å². The molecule has 0 radical (unpaired) electrons. The van der Waals surface area contributed by atoms with Crippen LogP contribution in [0, 0.1) is 0 Å². The van der Waals surface area contributed by atoms with E-state index in [4.69, 9.17) is 15.0 Å². The number of benzene rings is 10. The van der Waals surface area contributed by atoms with Crippen LogP contribution in [0.25, 0.3) is 105 Å². The Hall–Kier alpha value is -8.41. The fourth-order valence-electron chi connectivity index (χ4n) is 9.59. The highest BCUT2D eigenvalue weighted by atomic mass is 15.2. The van der Waals surface area contributed by atoms with Gasteiger partial charge in [-0.1, -0.05) is 127 Å². The van der Waals surface area contributed by atoms with E-state index in [1.165, 1.54) is 49.1 Å². The number of hydrogen-bond acceptors (Lipinski definition) is 4. The number of fused-ring (bicyclic) bond motifs is 7. The summed E-state index contributed by atoms with van der Waals surface area (Å²) in [5, 5.41) is 9.56. The largest absolute Gasteiger partial charge is 0.309 e. The van der Waals surface area contributed by atoms with Gasteiger partial charge in [0, 0.05) is 49.8 Å². The van der Waals surface area contributed by atoms with E-state index >= 15 is 0 Å². The van der Waals surface area contributed by atoms with Crippen LogP contribution in [0.3, 0.4) is 0 Å². The van der Waals surface area contributed by atoms with Crippen LogP contribution in [0.1, 0.15) is 0 Å². The molecule has 0 aliphatic carbocycles. The van der Waals surface area contributed by atoms with E-state index in [9.17, 15) is 0 Å². The minimum absolute atomic E-state index is 0.619. The minimum Gasteiger partial charge on any atom is -0.309 e. The van der Waals surface area contributed by atoms with Gasteiger partial charge < -0.3 is 9.47 Å². The first-order chi connectivity index (χ1) is 30.7. The number of para-hydroxylation sites is 2. The first kappa shape index (κ1) is 34.5. The zero-order chi connectivity index (χ0) is 40.7. The quantitative estimate of drug-likeness (QED) is 0.174. The second kappa shape index (κ2) is 13.6. The SMILES string of the molecule is c1ccc(-n2c3ccccc3c3cc(-c4nc(-c5ccc(N6c7cc8ccccc8cc7-c7cccc8cccc6c78)cc5)nc(-c5ccc6ccccc6c5)n4)ccc32)cc1. The number of rotatable bonds is 5. The monoisotopic (exact) mass is 789 g/mol. The summed E-state index contributed by atoms with van der Waals surface area (Å²) in [6, 6.07) is 75.8. The van der Waals surface area contributed by atoms with Crippen LogP contribution in [-0.4, -0.2) is 19.5 Å². The molecule has 0 amide bonds. The average Bonchev–Trinajstić information content (AvgIpc) is 3.67. The van der Waals surface area contributed by atoms with Gasteiger partial charge in [0.05, 0.1) is 22.4 Å². The third-order valence-corrected chi connectivity index (χ3v) is 12.5. The van der Waals surface area contributed by atoms with Gasteiger partial charge in [-0.05, 0) is 117 Å². The Bertz CT molecular complexity index is 3750. The molecule has 0 saturated carbocycles. The van der Waals surface area contributed by atoms with Crippen LogP contribution >= 0.6 is 0 Å². The smallest absolute Gasteiger partial charge is 0.164 e. The van der Waals surface area contributed by atoms with Gasteiger partial charge >= 0.3 is 0 Å².